The van der Waals surface area contributed by atoms with Crippen LogP contribution in [0.1, 0.15) is 11.1 Å². The summed E-state index contributed by atoms with van der Waals surface area (Å²) < 4.78 is 5.78. The van der Waals surface area contributed by atoms with E-state index in [1.54, 1.807) is 19.2 Å². The average molecular weight is 351 g/mol. The molecule has 2 aromatic carbocycles. The summed E-state index contributed by atoms with van der Waals surface area (Å²) in [7, 11) is 1.65. The number of nitrogens with one attached hydrogen (secondary N) is 1. The second-order valence-corrected chi connectivity index (χ2v) is 5.44. The maximum atomic E-state index is 11.1. The number of benzene rings is 2. The highest BCUT2D eigenvalue weighted by atomic mass is 79.9. The molecule has 0 aliphatic rings. The van der Waals surface area contributed by atoms with Crippen molar-refractivity contribution in [1.82, 2.24) is 0 Å². The summed E-state index contributed by atoms with van der Waals surface area (Å²) in [5.41, 5.74) is 2.67. The zero-order valence-corrected chi connectivity index (χ0v) is 13.1. The predicted molar refractivity (Wildman–Crippen MR) is 85.3 cm³/mol. The van der Waals surface area contributed by atoms with Gasteiger partial charge in [-0.05, 0) is 23.3 Å². The van der Waals surface area contributed by atoms with Gasteiger partial charge >= 0.3 is 0 Å². The third kappa shape index (κ3) is 4.27. The third-order valence-electron chi connectivity index (χ3n) is 2.94. The summed E-state index contributed by atoms with van der Waals surface area (Å²) in [6.07, 6.45) is 0. The lowest BCUT2D eigenvalue weighted by Gasteiger charge is -2.09. The van der Waals surface area contributed by atoms with Crippen LogP contribution in [0.4, 0.5) is 11.4 Å². The van der Waals surface area contributed by atoms with Gasteiger partial charge in [0.2, 0.25) is 0 Å². The number of nitro groups is 1. The van der Waals surface area contributed by atoms with Gasteiger partial charge < -0.3 is 10.1 Å². The van der Waals surface area contributed by atoms with Crippen LogP contribution in [0.3, 0.4) is 0 Å². The van der Waals surface area contributed by atoms with Gasteiger partial charge in [0, 0.05) is 24.2 Å². The standard InChI is InChI=1S/C15H15BrN2O3/c1-21-10-12-4-2-3-11(7-12)9-17-14-6-5-13(16)8-15(14)18(19)20/h2-8,17H,9-10H2,1H3. The van der Waals surface area contributed by atoms with E-state index in [0.29, 0.717) is 23.3 Å². The van der Waals surface area contributed by atoms with E-state index < -0.39 is 4.92 Å². The largest absolute Gasteiger partial charge is 0.380 e. The Morgan fingerprint density at radius 2 is 2.00 bits per heavy atom. The lowest BCUT2D eigenvalue weighted by atomic mass is 10.1. The molecule has 110 valence electrons. The Labute approximate surface area is 131 Å². The molecule has 0 unspecified atom stereocenters. The summed E-state index contributed by atoms with van der Waals surface area (Å²) in [4.78, 5) is 10.7. The number of methoxy groups -OCH3 is 1. The quantitative estimate of drug-likeness (QED) is 0.628. The van der Waals surface area contributed by atoms with Crippen molar-refractivity contribution in [2.75, 3.05) is 12.4 Å². The topological polar surface area (TPSA) is 64.4 Å². The van der Waals surface area contributed by atoms with Gasteiger partial charge in [-0.2, -0.15) is 0 Å². The van der Waals surface area contributed by atoms with Crippen molar-refractivity contribution in [2.45, 2.75) is 13.2 Å². The van der Waals surface area contributed by atoms with Crippen molar-refractivity contribution in [1.29, 1.82) is 0 Å². The van der Waals surface area contributed by atoms with Crippen LogP contribution in [0.15, 0.2) is 46.9 Å². The van der Waals surface area contributed by atoms with Crippen LogP contribution in [-0.2, 0) is 17.9 Å². The number of rotatable bonds is 6. The van der Waals surface area contributed by atoms with E-state index in [2.05, 4.69) is 21.2 Å². The van der Waals surface area contributed by atoms with Crippen molar-refractivity contribution in [3.8, 4) is 0 Å². The Hall–Kier alpha value is -1.92. The van der Waals surface area contributed by atoms with E-state index in [4.69, 9.17) is 4.74 Å². The fourth-order valence-electron chi connectivity index (χ4n) is 2.00. The minimum Gasteiger partial charge on any atom is -0.380 e. The summed E-state index contributed by atoms with van der Waals surface area (Å²) in [5, 5.41) is 14.2. The van der Waals surface area contributed by atoms with Gasteiger partial charge in [0.15, 0.2) is 0 Å². The SMILES string of the molecule is COCc1cccc(CNc2ccc(Br)cc2[N+](=O)[O-])c1. The molecule has 0 radical (unpaired) electrons. The van der Waals surface area contributed by atoms with Crippen LogP contribution in [-0.4, -0.2) is 12.0 Å². The fraction of sp³-hybridized carbons (Fsp3) is 0.200. The van der Waals surface area contributed by atoms with Crippen LogP contribution < -0.4 is 5.32 Å². The lowest BCUT2D eigenvalue weighted by Crippen LogP contribution is -2.03. The molecule has 0 amide bonds. The first-order valence-electron chi connectivity index (χ1n) is 6.34. The van der Waals surface area contributed by atoms with Gasteiger partial charge in [-0.25, -0.2) is 0 Å². The van der Waals surface area contributed by atoms with Crippen molar-refractivity contribution < 1.29 is 9.66 Å². The first-order valence-corrected chi connectivity index (χ1v) is 7.14. The van der Waals surface area contributed by atoms with Crippen LogP contribution in [0.5, 0.6) is 0 Å². The van der Waals surface area contributed by atoms with E-state index in [-0.39, 0.29) is 5.69 Å². The molecule has 6 heteroatoms. The maximum absolute atomic E-state index is 11.1. The Bertz CT molecular complexity index is 647. The zero-order valence-electron chi connectivity index (χ0n) is 11.5. The van der Waals surface area contributed by atoms with Gasteiger partial charge in [0.1, 0.15) is 5.69 Å². The Kier molecular flexibility index (Phi) is 5.30. The number of hydrogen-bond acceptors (Lipinski definition) is 4. The molecule has 0 saturated heterocycles. The molecule has 0 aliphatic carbocycles. The van der Waals surface area contributed by atoms with Gasteiger partial charge in [-0.15, -0.1) is 0 Å². The third-order valence-corrected chi connectivity index (χ3v) is 3.44. The number of nitrogens with zero attached hydrogens (tertiary/aromatic N) is 1. The minimum absolute atomic E-state index is 0.0532. The molecule has 0 atom stereocenters. The maximum Gasteiger partial charge on any atom is 0.293 e. The van der Waals surface area contributed by atoms with E-state index in [1.807, 2.05) is 24.3 Å². The minimum atomic E-state index is -0.394. The van der Waals surface area contributed by atoms with Gasteiger partial charge in [-0.1, -0.05) is 40.2 Å². The van der Waals surface area contributed by atoms with Gasteiger partial charge in [-0.3, -0.25) is 10.1 Å². The van der Waals surface area contributed by atoms with E-state index in [1.165, 1.54) is 6.07 Å². The highest BCUT2D eigenvalue weighted by Crippen LogP contribution is 2.28. The molecule has 2 rings (SSSR count). The Morgan fingerprint density at radius 3 is 2.71 bits per heavy atom. The number of hydrogen-bond donors (Lipinski definition) is 1. The van der Waals surface area contributed by atoms with Gasteiger partial charge in [0.05, 0.1) is 11.5 Å². The van der Waals surface area contributed by atoms with Crippen LogP contribution in [0.25, 0.3) is 0 Å². The molecule has 0 spiro atoms. The van der Waals surface area contributed by atoms with E-state index >= 15 is 0 Å². The molecule has 0 saturated carbocycles. The van der Waals surface area contributed by atoms with Crippen molar-refractivity contribution in [2.24, 2.45) is 0 Å². The summed E-state index contributed by atoms with van der Waals surface area (Å²) in [6.45, 7) is 1.06. The van der Waals surface area contributed by atoms with Crippen molar-refractivity contribution >= 4 is 27.3 Å². The van der Waals surface area contributed by atoms with E-state index in [0.717, 1.165) is 11.1 Å². The molecular weight excluding hydrogens is 336 g/mol. The fourth-order valence-corrected chi connectivity index (χ4v) is 2.35. The zero-order chi connectivity index (χ0) is 15.2. The molecule has 21 heavy (non-hydrogen) atoms. The second kappa shape index (κ2) is 7.19. The molecule has 0 bridgehead atoms. The Morgan fingerprint density at radius 1 is 1.24 bits per heavy atom. The first-order chi connectivity index (χ1) is 10.1. The number of ether oxygens (including phenoxy) is 1. The average Bonchev–Trinajstić information content (AvgIpc) is 2.46. The molecule has 1 N–H and O–H groups in total. The molecule has 2 aromatic rings. The second-order valence-electron chi connectivity index (χ2n) is 4.53. The highest BCUT2D eigenvalue weighted by molar-refractivity contribution is 9.10. The number of nitro benzene ring substituents is 1. The molecule has 0 aromatic heterocycles. The normalized spacial score (nSPS) is 10.4. The van der Waals surface area contributed by atoms with Crippen molar-refractivity contribution in [3.05, 3.63) is 68.2 Å². The molecule has 0 heterocycles. The lowest BCUT2D eigenvalue weighted by molar-refractivity contribution is -0.384. The summed E-state index contributed by atoms with van der Waals surface area (Å²) in [6, 6.07) is 12.9. The number of anilines is 1. The molecule has 5 nitrogen and oxygen atoms in total. The van der Waals surface area contributed by atoms with Gasteiger partial charge in [0.25, 0.3) is 5.69 Å². The summed E-state index contributed by atoms with van der Waals surface area (Å²) >= 11 is 3.24. The van der Waals surface area contributed by atoms with Crippen LogP contribution in [0.2, 0.25) is 0 Å². The summed E-state index contributed by atoms with van der Waals surface area (Å²) in [5.74, 6) is 0. The predicted octanol–water partition coefficient (Wildman–Crippen LogP) is 4.12. The molecular formula is C15H15BrN2O3. The van der Waals surface area contributed by atoms with Crippen molar-refractivity contribution in [3.63, 3.8) is 0 Å². The smallest absolute Gasteiger partial charge is 0.293 e. The Balaban J connectivity index is 2.13. The van der Waals surface area contributed by atoms with Crippen LogP contribution in [0, 0.1) is 10.1 Å². The molecule has 0 fully saturated rings. The molecule has 0 aliphatic heterocycles. The first kappa shape index (κ1) is 15.5. The number of halogens is 1. The van der Waals surface area contributed by atoms with E-state index in [9.17, 15) is 10.1 Å². The monoisotopic (exact) mass is 350 g/mol. The highest BCUT2D eigenvalue weighted by Gasteiger charge is 2.13. The van der Waals surface area contributed by atoms with Crippen LogP contribution >= 0.6 is 15.9 Å².